The van der Waals surface area contributed by atoms with Crippen LogP contribution in [0.4, 0.5) is 17.2 Å². The number of nitro groups is 1. The van der Waals surface area contributed by atoms with Gasteiger partial charge in [0.2, 0.25) is 0 Å². The summed E-state index contributed by atoms with van der Waals surface area (Å²) in [5, 5.41) is 18.2. The average Bonchev–Trinajstić information content (AvgIpc) is 3.40. The summed E-state index contributed by atoms with van der Waals surface area (Å²) in [6.07, 6.45) is 6.45. The second kappa shape index (κ2) is 8.60. The summed E-state index contributed by atoms with van der Waals surface area (Å²) in [5.74, 6) is 0.814. The smallest absolute Gasteiger partial charge is 0.280 e. The van der Waals surface area contributed by atoms with Gasteiger partial charge in [-0.2, -0.15) is 5.10 Å². The minimum atomic E-state index is -0.386. The van der Waals surface area contributed by atoms with Crippen molar-refractivity contribution in [2.45, 2.75) is 31.7 Å². The lowest BCUT2D eigenvalue weighted by atomic mass is 10.2. The summed E-state index contributed by atoms with van der Waals surface area (Å²) in [7, 11) is 0. The second-order valence-electron chi connectivity index (χ2n) is 7.83. The topological polar surface area (TPSA) is 97.7 Å². The lowest BCUT2D eigenvalue weighted by Crippen LogP contribution is -3.15. The molecule has 0 unspecified atom stereocenters. The molecule has 2 heterocycles. The van der Waals surface area contributed by atoms with Crippen LogP contribution in [0.5, 0.6) is 0 Å². The molecule has 1 saturated heterocycles. The van der Waals surface area contributed by atoms with Gasteiger partial charge >= 0.3 is 0 Å². The Labute approximate surface area is 169 Å². The maximum Gasteiger partial charge on any atom is 0.280 e. The predicted octanol–water partition coefficient (Wildman–Crippen LogP) is 1.25. The van der Waals surface area contributed by atoms with Crippen molar-refractivity contribution in [2.75, 3.05) is 42.9 Å². The molecule has 2 aliphatic rings. The number of non-ortho nitro benzene ring substituents is 1. The molecule has 1 aromatic carbocycles. The minimum Gasteiger partial charge on any atom is -0.360 e. The monoisotopic (exact) mass is 399 g/mol. The summed E-state index contributed by atoms with van der Waals surface area (Å²) in [6, 6.07) is 8.93. The van der Waals surface area contributed by atoms with Gasteiger partial charge in [-0.15, -0.1) is 0 Å². The van der Waals surface area contributed by atoms with E-state index in [1.54, 1.807) is 18.3 Å². The number of benzene rings is 1. The zero-order chi connectivity index (χ0) is 20.2. The lowest BCUT2D eigenvalue weighted by Gasteiger charge is -2.33. The number of amides is 1. The second-order valence-corrected chi connectivity index (χ2v) is 7.83. The van der Waals surface area contributed by atoms with E-state index in [1.807, 2.05) is 10.7 Å². The Balaban J connectivity index is 1.27. The molecule has 1 aliphatic carbocycles. The van der Waals surface area contributed by atoms with E-state index in [-0.39, 0.29) is 16.5 Å². The van der Waals surface area contributed by atoms with E-state index >= 15 is 0 Å². The first-order valence-corrected chi connectivity index (χ1v) is 10.3. The van der Waals surface area contributed by atoms with Gasteiger partial charge in [-0.25, -0.2) is 4.68 Å². The van der Waals surface area contributed by atoms with Crippen molar-refractivity contribution in [2.24, 2.45) is 0 Å². The molecule has 4 rings (SSSR count). The number of carbonyl (C=O) groups excluding carboxylic acids is 1. The maximum absolute atomic E-state index is 12.5. The molecular weight excluding hydrogens is 372 g/mol. The zero-order valence-corrected chi connectivity index (χ0v) is 16.4. The van der Waals surface area contributed by atoms with Crippen LogP contribution in [0.1, 0.15) is 31.7 Å². The quantitative estimate of drug-likeness (QED) is 0.563. The summed E-state index contributed by atoms with van der Waals surface area (Å²) >= 11 is 0. The number of hydrogen-bond acceptors (Lipinski definition) is 5. The fraction of sp³-hybridized carbons (Fsp3) is 0.500. The third kappa shape index (κ3) is 4.56. The molecule has 154 valence electrons. The molecule has 1 aromatic heterocycles. The van der Waals surface area contributed by atoms with Gasteiger partial charge in [0.1, 0.15) is 5.82 Å². The molecule has 0 spiro atoms. The number of aromatic nitrogens is 2. The fourth-order valence-corrected chi connectivity index (χ4v) is 4.31. The van der Waals surface area contributed by atoms with Crippen molar-refractivity contribution in [1.29, 1.82) is 0 Å². The van der Waals surface area contributed by atoms with E-state index in [9.17, 15) is 14.9 Å². The van der Waals surface area contributed by atoms with Crippen molar-refractivity contribution in [3.8, 4) is 0 Å². The first-order chi connectivity index (χ1) is 14.1. The fourth-order valence-electron chi connectivity index (χ4n) is 4.31. The highest BCUT2D eigenvalue weighted by molar-refractivity contribution is 5.90. The van der Waals surface area contributed by atoms with Crippen LogP contribution in [0.3, 0.4) is 0 Å². The van der Waals surface area contributed by atoms with Gasteiger partial charge in [-0.1, -0.05) is 12.8 Å². The van der Waals surface area contributed by atoms with Crippen LogP contribution in [0, 0.1) is 10.1 Å². The number of rotatable bonds is 6. The van der Waals surface area contributed by atoms with E-state index in [4.69, 9.17) is 0 Å². The van der Waals surface area contributed by atoms with Gasteiger partial charge in [-0.05, 0) is 25.0 Å². The third-order valence-electron chi connectivity index (χ3n) is 5.92. The van der Waals surface area contributed by atoms with E-state index in [1.165, 1.54) is 29.9 Å². The zero-order valence-electron chi connectivity index (χ0n) is 16.4. The van der Waals surface area contributed by atoms with Crippen molar-refractivity contribution in [3.05, 3.63) is 46.6 Å². The summed E-state index contributed by atoms with van der Waals surface area (Å²) in [6.45, 7) is 3.78. The number of nitro benzene ring substituents is 1. The van der Waals surface area contributed by atoms with Gasteiger partial charge in [0, 0.05) is 23.9 Å². The Hall–Kier alpha value is -2.94. The molecule has 2 N–H and O–H groups in total. The first kappa shape index (κ1) is 19.4. The lowest BCUT2D eigenvalue weighted by molar-refractivity contribution is -0.892. The standard InChI is InChI=1S/C20H26N6O3/c27-20(22-19-9-10-21-25(19)17-3-1-2-4-17)15-23-11-13-24(14-12-23)16-5-7-18(8-6-16)26(28)29/h5-10,17H,1-4,11-15H2,(H,22,27)/p+1. The highest BCUT2D eigenvalue weighted by Gasteiger charge is 2.24. The molecule has 29 heavy (non-hydrogen) atoms. The molecule has 9 heteroatoms. The largest absolute Gasteiger partial charge is 0.360 e. The van der Waals surface area contributed by atoms with Crippen LogP contribution in [-0.2, 0) is 4.79 Å². The van der Waals surface area contributed by atoms with E-state index in [0.29, 0.717) is 12.6 Å². The van der Waals surface area contributed by atoms with Gasteiger partial charge in [0.15, 0.2) is 6.54 Å². The highest BCUT2D eigenvalue weighted by atomic mass is 16.6. The molecule has 9 nitrogen and oxygen atoms in total. The number of nitrogens with one attached hydrogen (secondary N) is 2. The molecule has 2 fully saturated rings. The number of nitrogens with zero attached hydrogens (tertiary/aromatic N) is 4. The predicted molar refractivity (Wildman–Crippen MR) is 109 cm³/mol. The number of carbonyl (C=O) groups is 1. The highest BCUT2D eigenvalue weighted by Crippen LogP contribution is 2.31. The minimum absolute atomic E-state index is 0.0172. The van der Waals surface area contributed by atoms with Crippen LogP contribution < -0.4 is 15.1 Å². The normalized spacial score (nSPS) is 18.1. The van der Waals surface area contributed by atoms with Crippen molar-refractivity contribution in [3.63, 3.8) is 0 Å². The molecule has 1 amide bonds. The Bertz CT molecular complexity index is 851. The molecule has 1 aliphatic heterocycles. The van der Waals surface area contributed by atoms with Crippen LogP contribution in [0.15, 0.2) is 36.5 Å². The average molecular weight is 399 g/mol. The molecule has 1 saturated carbocycles. The number of hydrogen-bond donors (Lipinski definition) is 2. The molecule has 2 aromatic rings. The Morgan fingerprint density at radius 1 is 1.17 bits per heavy atom. The van der Waals surface area contributed by atoms with Crippen molar-refractivity contribution >= 4 is 23.1 Å². The van der Waals surface area contributed by atoms with Crippen molar-refractivity contribution in [1.82, 2.24) is 9.78 Å². The van der Waals surface area contributed by atoms with E-state index < -0.39 is 0 Å². The van der Waals surface area contributed by atoms with E-state index in [2.05, 4.69) is 15.3 Å². The van der Waals surface area contributed by atoms with E-state index in [0.717, 1.165) is 50.5 Å². The Morgan fingerprint density at radius 2 is 1.86 bits per heavy atom. The van der Waals surface area contributed by atoms with Crippen LogP contribution in [-0.4, -0.2) is 53.3 Å². The first-order valence-electron chi connectivity index (χ1n) is 10.3. The van der Waals surface area contributed by atoms with Gasteiger partial charge in [0.25, 0.3) is 11.6 Å². The van der Waals surface area contributed by atoms with Crippen LogP contribution in [0.25, 0.3) is 0 Å². The SMILES string of the molecule is O=C(C[NH+]1CCN(c2ccc([N+](=O)[O-])cc2)CC1)Nc1ccnn1C1CCCC1. The molecule has 0 radical (unpaired) electrons. The summed E-state index contributed by atoms with van der Waals surface area (Å²) in [5.41, 5.74) is 1.09. The Morgan fingerprint density at radius 3 is 2.52 bits per heavy atom. The molecular formula is C20H27N6O3+. The van der Waals surface area contributed by atoms with Gasteiger partial charge in [-0.3, -0.25) is 14.9 Å². The van der Waals surface area contributed by atoms with Crippen LogP contribution >= 0.6 is 0 Å². The maximum atomic E-state index is 12.5. The molecule has 0 bridgehead atoms. The third-order valence-corrected chi connectivity index (χ3v) is 5.92. The number of quaternary nitrogens is 1. The number of piperazine rings is 1. The van der Waals surface area contributed by atoms with Crippen LogP contribution in [0.2, 0.25) is 0 Å². The summed E-state index contributed by atoms with van der Waals surface area (Å²) < 4.78 is 1.97. The van der Waals surface area contributed by atoms with Gasteiger partial charge in [0.05, 0.1) is 43.3 Å². The number of anilines is 2. The summed E-state index contributed by atoms with van der Waals surface area (Å²) in [4.78, 5) is 26.4. The van der Waals surface area contributed by atoms with Gasteiger partial charge < -0.3 is 15.1 Å². The molecule has 0 atom stereocenters. The Kier molecular flexibility index (Phi) is 5.75. The van der Waals surface area contributed by atoms with Crippen molar-refractivity contribution < 1.29 is 14.6 Å².